The molecule has 3 aromatic rings. The highest BCUT2D eigenvalue weighted by atomic mass is 19.1. The van der Waals surface area contributed by atoms with E-state index in [9.17, 15) is 14.3 Å². The number of halogens is 1. The van der Waals surface area contributed by atoms with Gasteiger partial charge in [-0.25, -0.2) is 9.37 Å². The zero-order chi connectivity index (χ0) is 18.0. The highest BCUT2D eigenvalue weighted by Gasteiger charge is 2.14. The van der Waals surface area contributed by atoms with Crippen molar-refractivity contribution in [2.45, 2.75) is 13.0 Å². The first-order valence-corrected chi connectivity index (χ1v) is 7.86. The maximum atomic E-state index is 13.5. The number of pyridine rings is 1. The third-order valence-corrected chi connectivity index (χ3v) is 3.88. The molecule has 0 aliphatic heterocycles. The monoisotopic (exact) mass is 339 g/mol. The van der Waals surface area contributed by atoms with Crippen molar-refractivity contribution < 1.29 is 14.3 Å². The van der Waals surface area contributed by atoms with Crippen molar-refractivity contribution in [3.63, 3.8) is 0 Å². The van der Waals surface area contributed by atoms with Crippen molar-refractivity contribution in [3.8, 4) is 11.1 Å². The summed E-state index contributed by atoms with van der Waals surface area (Å²) in [6.45, 7) is 1.73. The third-order valence-electron chi connectivity index (χ3n) is 3.88. The number of carbonyl (C=O) groups excluding carboxylic acids is 1. The first kappa shape index (κ1) is 16.9. The molecule has 5 nitrogen and oxygen atoms in total. The van der Waals surface area contributed by atoms with Gasteiger partial charge in [0, 0.05) is 18.1 Å². The average Bonchev–Trinajstić information content (AvgIpc) is 2.60. The lowest BCUT2D eigenvalue weighted by atomic mass is 9.99. The molecule has 1 unspecified atom stereocenters. The number of nitrogens with one attached hydrogen (secondary N) is 1. The molecule has 0 saturated carbocycles. The Morgan fingerprint density at radius 1 is 1.24 bits per heavy atom. The quantitative estimate of drug-likeness (QED) is 0.682. The number of hydrogen-bond acceptors (Lipinski definition) is 4. The van der Waals surface area contributed by atoms with E-state index < -0.39 is 6.10 Å². The summed E-state index contributed by atoms with van der Waals surface area (Å²) in [6.07, 6.45) is 0.771. The van der Waals surface area contributed by atoms with Gasteiger partial charge in [-0.3, -0.25) is 4.79 Å². The van der Waals surface area contributed by atoms with Crippen LogP contribution in [0.2, 0.25) is 0 Å². The summed E-state index contributed by atoms with van der Waals surface area (Å²) in [5.41, 5.74) is 7.83. The van der Waals surface area contributed by atoms with Gasteiger partial charge in [-0.15, -0.1) is 0 Å². The van der Waals surface area contributed by atoms with E-state index in [0.717, 1.165) is 5.56 Å². The molecule has 0 fully saturated rings. The van der Waals surface area contributed by atoms with Gasteiger partial charge in [-0.1, -0.05) is 24.3 Å². The van der Waals surface area contributed by atoms with Gasteiger partial charge in [0.2, 0.25) is 0 Å². The van der Waals surface area contributed by atoms with E-state index >= 15 is 0 Å². The van der Waals surface area contributed by atoms with Crippen LogP contribution in [-0.4, -0.2) is 28.6 Å². The SMILES string of the molecule is CC(O)CNC(=O)c1cnc(N)c2cc(-c3cccc(F)c3)ccc12. The number of amides is 1. The van der Waals surface area contributed by atoms with Crippen molar-refractivity contribution in [3.05, 3.63) is 60.0 Å². The standard InChI is InChI=1S/C19H18FN3O2/c1-11(24)9-23-19(25)17-10-22-18(21)16-8-13(5-6-15(16)17)12-3-2-4-14(20)7-12/h2-8,10-11,24H,9H2,1H3,(H2,21,22)(H,23,25). The van der Waals surface area contributed by atoms with Crippen molar-refractivity contribution >= 4 is 22.5 Å². The van der Waals surface area contributed by atoms with Gasteiger partial charge in [-0.2, -0.15) is 0 Å². The van der Waals surface area contributed by atoms with Gasteiger partial charge in [-0.05, 0) is 41.6 Å². The normalized spacial score (nSPS) is 12.1. The predicted octanol–water partition coefficient (Wildman–Crippen LogP) is 2.73. The van der Waals surface area contributed by atoms with Crippen molar-refractivity contribution in [1.29, 1.82) is 0 Å². The van der Waals surface area contributed by atoms with E-state index in [-0.39, 0.29) is 18.3 Å². The number of aliphatic hydroxyl groups excluding tert-OH is 1. The van der Waals surface area contributed by atoms with Crippen LogP contribution >= 0.6 is 0 Å². The van der Waals surface area contributed by atoms with Crippen LogP contribution in [0.5, 0.6) is 0 Å². The Balaban J connectivity index is 2.05. The second kappa shape index (κ2) is 6.86. The summed E-state index contributed by atoms with van der Waals surface area (Å²) < 4.78 is 13.5. The molecule has 3 rings (SSSR count). The van der Waals surface area contributed by atoms with Crippen molar-refractivity contribution in [1.82, 2.24) is 10.3 Å². The Morgan fingerprint density at radius 2 is 2.00 bits per heavy atom. The molecule has 0 spiro atoms. The molecule has 1 atom stereocenters. The lowest BCUT2D eigenvalue weighted by Crippen LogP contribution is -2.30. The van der Waals surface area contributed by atoms with Gasteiger partial charge >= 0.3 is 0 Å². The second-order valence-electron chi connectivity index (χ2n) is 5.89. The molecule has 0 aliphatic rings. The number of hydrogen-bond donors (Lipinski definition) is 3. The lowest BCUT2D eigenvalue weighted by molar-refractivity contribution is 0.0925. The molecule has 6 heteroatoms. The second-order valence-corrected chi connectivity index (χ2v) is 5.89. The number of benzene rings is 2. The van der Waals surface area contributed by atoms with Crippen LogP contribution in [0.25, 0.3) is 21.9 Å². The summed E-state index contributed by atoms with van der Waals surface area (Å²) in [5, 5.41) is 13.2. The highest BCUT2D eigenvalue weighted by molar-refractivity contribution is 6.09. The highest BCUT2D eigenvalue weighted by Crippen LogP contribution is 2.29. The Hall–Kier alpha value is -2.99. The van der Waals surface area contributed by atoms with Gasteiger partial charge in [0.25, 0.3) is 5.91 Å². The van der Waals surface area contributed by atoms with E-state index in [0.29, 0.717) is 27.7 Å². The first-order valence-electron chi connectivity index (χ1n) is 7.86. The molecule has 1 aromatic heterocycles. The van der Waals surface area contributed by atoms with Crippen LogP contribution in [0.1, 0.15) is 17.3 Å². The number of nitrogen functional groups attached to an aromatic ring is 1. The molecule has 1 amide bonds. The molecule has 0 saturated heterocycles. The number of aromatic nitrogens is 1. The Labute approximate surface area is 144 Å². The summed E-state index contributed by atoms with van der Waals surface area (Å²) in [4.78, 5) is 16.4. The number of fused-ring (bicyclic) bond motifs is 1. The number of nitrogens with zero attached hydrogens (tertiary/aromatic N) is 1. The van der Waals surface area contributed by atoms with Crippen molar-refractivity contribution in [2.75, 3.05) is 12.3 Å². The minimum Gasteiger partial charge on any atom is -0.392 e. The smallest absolute Gasteiger partial charge is 0.253 e. The number of aliphatic hydroxyl groups is 1. The minimum atomic E-state index is -0.642. The molecule has 1 heterocycles. The molecule has 0 aliphatic carbocycles. The van der Waals surface area contributed by atoms with E-state index in [4.69, 9.17) is 5.73 Å². The number of anilines is 1. The molecule has 2 aromatic carbocycles. The van der Waals surface area contributed by atoms with Crippen LogP contribution in [0.15, 0.2) is 48.7 Å². The van der Waals surface area contributed by atoms with Gasteiger partial charge in [0.05, 0.1) is 11.7 Å². The third kappa shape index (κ3) is 3.59. The van der Waals surface area contributed by atoms with E-state index in [2.05, 4.69) is 10.3 Å². The van der Waals surface area contributed by atoms with Crippen LogP contribution in [0.4, 0.5) is 10.2 Å². The summed E-state index contributed by atoms with van der Waals surface area (Å²) in [5.74, 6) is -0.368. The molecule has 4 N–H and O–H groups in total. The maximum absolute atomic E-state index is 13.5. The largest absolute Gasteiger partial charge is 0.392 e. The fraction of sp³-hybridized carbons (Fsp3) is 0.158. The molecule has 0 bridgehead atoms. The Bertz CT molecular complexity index is 941. The minimum absolute atomic E-state index is 0.145. The van der Waals surface area contributed by atoms with Gasteiger partial charge < -0.3 is 16.2 Å². The van der Waals surface area contributed by atoms with Crippen LogP contribution in [0, 0.1) is 5.82 Å². The van der Waals surface area contributed by atoms with Gasteiger partial charge in [0.1, 0.15) is 11.6 Å². The maximum Gasteiger partial charge on any atom is 0.253 e. The number of nitrogens with two attached hydrogens (primary N) is 1. The predicted molar refractivity (Wildman–Crippen MR) is 95.6 cm³/mol. The fourth-order valence-electron chi connectivity index (χ4n) is 2.63. The van der Waals surface area contributed by atoms with Crippen LogP contribution in [0.3, 0.4) is 0 Å². The van der Waals surface area contributed by atoms with E-state index in [1.54, 1.807) is 31.2 Å². The molecule has 0 radical (unpaired) electrons. The Kier molecular flexibility index (Phi) is 4.63. The summed E-state index contributed by atoms with van der Waals surface area (Å²) in [6, 6.07) is 11.6. The molecule has 128 valence electrons. The van der Waals surface area contributed by atoms with Crippen LogP contribution in [-0.2, 0) is 0 Å². The van der Waals surface area contributed by atoms with Crippen molar-refractivity contribution in [2.24, 2.45) is 0 Å². The fourth-order valence-corrected chi connectivity index (χ4v) is 2.63. The topological polar surface area (TPSA) is 88.2 Å². The van der Waals surface area contributed by atoms with E-state index in [1.807, 2.05) is 6.07 Å². The average molecular weight is 339 g/mol. The van der Waals surface area contributed by atoms with E-state index in [1.165, 1.54) is 18.3 Å². The number of rotatable bonds is 4. The van der Waals surface area contributed by atoms with Crippen LogP contribution < -0.4 is 11.1 Å². The zero-order valence-corrected chi connectivity index (χ0v) is 13.7. The zero-order valence-electron chi connectivity index (χ0n) is 13.7. The lowest BCUT2D eigenvalue weighted by Gasteiger charge is -2.11. The molecular weight excluding hydrogens is 321 g/mol. The first-order chi connectivity index (χ1) is 12.0. The van der Waals surface area contributed by atoms with Gasteiger partial charge in [0.15, 0.2) is 0 Å². The Morgan fingerprint density at radius 3 is 2.72 bits per heavy atom. The molecular formula is C19H18FN3O2. The number of carbonyl (C=O) groups is 1. The molecule has 25 heavy (non-hydrogen) atoms. The summed E-state index contributed by atoms with van der Waals surface area (Å²) in [7, 11) is 0. The summed E-state index contributed by atoms with van der Waals surface area (Å²) >= 11 is 0.